The van der Waals surface area contributed by atoms with Crippen molar-refractivity contribution in [3.05, 3.63) is 42.0 Å². The van der Waals surface area contributed by atoms with E-state index in [0.29, 0.717) is 11.7 Å². The Morgan fingerprint density at radius 2 is 2.14 bits per heavy atom. The summed E-state index contributed by atoms with van der Waals surface area (Å²) < 4.78 is 1.88. The second kappa shape index (κ2) is 6.58. The standard InChI is InChI=1S/C15H17N3O2S/c1-4-7-18-14(12-6-5-10(2)11(3)8-12)16-17-15(18)21-9-13(19)20/h4-6,8H,1,7,9H2,2-3H3,(H,19,20). The van der Waals surface area contributed by atoms with E-state index in [2.05, 4.69) is 29.8 Å². The van der Waals surface area contributed by atoms with Crippen LogP contribution in [0, 0.1) is 13.8 Å². The van der Waals surface area contributed by atoms with Crippen LogP contribution in [0.4, 0.5) is 0 Å². The summed E-state index contributed by atoms with van der Waals surface area (Å²) in [6, 6.07) is 6.10. The summed E-state index contributed by atoms with van der Waals surface area (Å²) in [6.07, 6.45) is 1.75. The van der Waals surface area contributed by atoms with Gasteiger partial charge in [0.15, 0.2) is 11.0 Å². The van der Waals surface area contributed by atoms with E-state index in [1.807, 2.05) is 23.6 Å². The fourth-order valence-electron chi connectivity index (χ4n) is 1.91. The van der Waals surface area contributed by atoms with E-state index in [1.165, 1.54) is 11.1 Å². The molecule has 0 spiro atoms. The van der Waals surface area contributed by atoms with Gasteiger partial charge in [-0.05, 0) is 31.0 Å². The zero-order chi connectivity index (χ0) is 15.4. The maximum absolute atomic E-state index is 10.7. The van der Waals surface area contributed by atoms with E-state index >= 15 is 0 Å². The number of aromatic nitrogens is 3. The lowest BCUT2D eigenvalue weighted by molar-refractivity contribution is -0.133. The van der Waals surface area contributed by atoms with Gasteiger partial charge in [-0.2, -0.15) is 0 Å². The topological polar surface area (TPSA) is 68.0 Å². The summed E-state index contributed by atoms with van der Waals surface area (Å²) >= 11 is 1.16. The molecule has 0 saturated carbocycles. The molecule has 1 N–H and O–H groups in total. The number of nitrogens with zero attached hydrogens (tertiary/aromatic N) is 3. The lowest BCUT2D eigenvalue weighted by Crippen LogP contribution is -2.04. The first-order valence-electron chi connectivity index (χ1n) is 6.49. The van der Waals surface area contributed by atoms with Crippen molar-refractivity contribution in [1.82, 2.24) is 14.8 Å². The molecule has 6 heteroatoms. The third-order valence-corrected chi connectivity index (χ3v) is 4.07. The monoisotopic (exact) mass is 303 g/mol. The van der Waals surface area contributed by atoms with E-state index in [4.69, 9.17) is 5.11 Å². The SMILES string of the molecule is C=CCn1c(SCC(=O)O)nnc1-c1ccc(C)c(C)c1. The first-order valence-corrected chi connectivity index (χ1v) is 7.47. The molecular formula is C15H17N3O2S. The molecule has 2 aromatic rings. The van der Waals surface area contributed by atoms with E-state index in [0.717, 1.165) is 23.1 Å². The molecule has 0 unspecified atom stereocenters. The van der Waals surface area contributed by atoms with Crippen LogP contribution >= 0.6 is 11.8 Å². The van der Waals surface area contributed by atoms with Crippen molar-refractivity contribution in [2.75, 3.05) is 5.75 Å². The largest absolute Gasteiger partial charge is 0.481 e. The first-order chi connectivity index (χ1) is 10.0. The van der Waals surface area contributed by atoms with Crippen LogP contribution in [0.25, 0.3) is 11.4 Å². The highest BCUT2D eigenvalue weighted by Crippen LogP contribution is 2.25. The van der Waals surface area contributed by atoms with Crippen molar-refractivity contribution in [2.45, 2.75) is 25.5 Å². The van der Waals surface area contributed by atoms with Crippen molar-refractivity contribution in [1.29, 1.82) is 0 Å². The molecule has 0 aliphatic heterocycles. The predicted molar refractivity (Wildman–Crippen MR) is 83.5 cm³/mol. The van der Waals surface area contributed by atoms with Gasteiger partial charge in [0, 0.05) is 12.1 Å². The summed E-state index contributed by atoms with van der Waals surface area (Å²) in [4.78, 5) is 10.7. The van der Waals surface area contributed by atoms with Gasteiger partial charge in [0.2, 0.25) is 0 Å². The van der Waals surface area contributed by atoms with Crippen molar-refractivity contribution in [3.63, 3.8) is 0 Å². The minimum absolute atomic E-state index is 0.0395. The number of aryl methyl sites for hydroxylation is 2. The number of allylic oxidation sites excluding steroid dienone is 1. The van der Waals surface area contributed by atoms with Crippen LogP contribution in [0.2, 0.25) is 0 Å². The molecule has 5 nitrogen and oxygen atoms in total. The zero-order valence-electron chi connectivity index (χ0n) is 12.0. The summed E-state index contributed by atoms with van der Waals surface area (Å²) in [7, 11) is 0. The second-order valence-electron chi connectivity index (χ2n) is 4.69. The van der Waals surface area contributed by atoms with Crippen molar-refractivity contribution in [2.24, 2.45) is 0 Å². The van der Waals surface area contributed by atoms with E-state index in [1.54, 1.807) is 6.08 Å². The van der Waals surface area contributed by atoms with Gasteiger partial charge in [0.25, 0.3) is 0 Å². The molecular weight excluding hydrogens is 286 g/mol. The average molecular weight is 303 g/mol. The Balaban J connectivity index is 2.40. The average Bonchev–Trinajstić information content (AvgIpc) is 2.83. The Labute approximate surface area is 127 Å². The van der Waals surface area contributed by atoms with Crippen LogP contribution in [0.3, 0.4) is 0 Å². The molecule has 0 atom stereocenters. The number of hydrogen-bond donors (Lipinski definition) is 1. The van der Waals surface area contributed by atoms with Crippen LogP contribution in [-0.2, 0) is 11.3 Å². The molecule has 110 valence electrons. The van der Waals surface area contributed by atoms with Crippen molar-refractivity contribution in [3.8, 4) is 11.4 Å². The highest BCUT2D eigenvalue weighted by Gasteiger charge is 2.14. The number of aliphatic carboxylic acids is 1. The van der Waals surface area contributed by atoms with Crippen molar-refractivity contribution >= 4 is 17.7 Å². The first kappa shape index (κ1) is 15.3. The van der Waals surface area contributed by atoms with Gasteiger partial charge in [0.1, 0.15) is 0 Å². The Kier molecular flexibility index (Phi) is 4.80. The number of rotatable bonds is 6. The lowest BCUT2D eigenvalue weighted by atomic mass is 10.1. The van der Waals surface area contributed by atoms with Crippen LogP contribution in [0.1, 0.15) is 11.1 Å². The van der Waals surface area contributed by atoms with Crippen molar-refractivity contribution < 1.29 is 9.90 Å². The number of thioether (sulfide) groups is 1. The van der Waals surface area contributed by atoms with Gasteiger partial charge in [-0.3, -0.25) is 9.36 Å². The summed E-state index contributed by atoms with van der Waals surface area (Å²) in [6.45, 7) is 8.38. The molecule has 0 radical (unpaired) electrons. The Morgan fingerprint density at radius 3 is 2.76 bits per heavy atom. The Hall–Kier alpha value is -2.08. The number of carboxylic acids is 1. The third-order valence-electron chi connectivity index (χ3n) is 3.12. The highest BCUT2D eigenvalue weighted by atomic mass is 32.2. The molecule has 0 fully saturated rings. The number of hydrogen-bond acceptors (Lipinski definition) is 4. The molecule has 0 aliphatic rings. The number of carboxylic acid groups (broad SMARTS) is 1. The summed E-state index contributed by atoms with van der Waals surface area (Å²) in [5.74, 6) is -0.186. The van der Waals surface area contributed by atoms with Crippen LogP contribution in [0.15, 0.2) is 36.0 Å². The van der Waals surface area contributed by atoms with Crippen LogP contribution in [0.5, 0.6) is 0 Å². The number of benzene rings is 1. The maximum atomic E-state index is 10.7. The zero-order valence-corrected chi connectivity index (χ0v) is 12.9. The smallest absolute Gasteiger partial charge is 0.313 e. The molecule has 0 bridgehead atoms. The van der Waals surface area contributed by atoms with Gasteiger partial charge >= 0.3 is 5.97 Å². The Morgan fingerprint density at radius 1 is 1.38 bits per heavy atom. The second-order valence-corrected chi connectivity index (χ2v) is 5.63. The predicted octanol–water partition coefficient (Wildman–Crippen LogP) is 2.92. The molecule has 0 aliphatic carbocycles. The quantitative estimate of drug-likeness (QED) is 0.656. The third kappa shape index (κ3) is 3.52. The Bertz CT molecular complexity index is 680. The van der Waals surface area contributed by atoms with E-state index in [9.17, 15) is 4.79 Å². The molecule has 0 saturated heterocycles. The maximum Gasteiger partial charge on any atom is 0.313 e. The normalized spacial score (nSPS) is 10.6. The molecule has 2 rings (SSSR count). The fraction of sp³-hybridized carbons (Fsp3) is 0.267. The van der Waals surface area contributed by atoms with E-state index < -0.39 is 5.97 Å². The molecule has 1 aromatic carbocycles. The fourth-order valence-corrected chi connectivity index (χ4v) is 2.58. The highest BCUT2D eigenvalue weighted by molar-refractivity contribution is 7.99. The molecule has 1 aromatic heterocycles. The summed E-state index contributed by atoms with van der Waals surface area (Å²) in [5, 5.41) is 17.7. The van der Waals surface area contributed by atoms with Gasteiger partial charge in [-0.25, -0.2) is 0 Å². The lowest BCUT2D eigenvalue weighted by Gasteiger charge is -2.08. The molecule has 21 heavy (non-hydrogen) atoms. The van der Waals surface area contributed by atoms with Gasteiger partial charge < -0.3 is 5.11 Å². The van der Waals surface area contributed by atoms with Gasteiger partial charge in [-0.15, -0.1) is 16.8 Å². The summed E-state index contributed by atoms with van der Waals surface area (Å²) in [5.41, 5.74) is 3.36. The van der Waals surface area contributed by atoms with Crippen LogP contribution in [-0.4, -0.2) is 31.6 Å². The van der Waals surface area contributed by atoms with Gasteiger partial charge in [-0.1, -0.05) is 30.0 Å². The minimum Gasteiger partial charge on any atom is -0.481 e. The minimum atomic E-state index is -0.874. The van der Waals surface area contributed by atoms with E-state index in [-0.39, 0.29) is 5.75 Å². The molecule has 0 amide bonds. The van der Waals surface area contributed by atoms with Gasteiger partial charge in [0.05, 0.1) is 5.75 Å². The number of carbonyl (C=O) groups is 1. The molecule has 1 heterocycles. The van der Waals surface area contributed by atoms with Crippen LogP contribution < -0.4 is 0 Å².